The molecule has 0 aliphatic carbocycles. The monoisotopic (exact) mass is 272 g/mol. The van der Waals surface area contributed by atoms with Crippen LogP contribution in [0.3, 0.4) is 0 Å². The predicted octanol–water partition coefficient (Wildman–Crippen LogP) is 2.77. The van der Waals surface area contributed by atoms with Gasteiger partial charge in [-0.1, -0.05) is 12.1 Å². The fourth-order valence-electron chi connectivity index (χ4n) is 1.67. The van der Waals surface area contributed by atoms with Gasteiger partial charge in [0.15, 0.2) is 0 Å². The summed E-state index contributed by atoms with van der Waals surface area (Å²) in [4.78, 5) is 11.8. The Bertz CT molecular complexity index is 693. The third kappa shape index (κ3) is 3.18. The van der Waals surface area contributed by atoms with E-state index in [1.807, 2.05) is 6.07 Å². The van der Waals surface area contributed by atoms with E-state index >= 15 is 0 Å². The summed E-state index contributed by atoms with van der Waals surface area (Å²) >= 11 is 0. The van der Waals surface area contributed by atoms with Crippen LogP contribution in [0.2, 0.25) is 0 Å². The molecule has 2 aromatic carbocycles. The Kier molecular flexibility index (Phi) is 4.06. The third-order valence-corrected chi connectivity index (χ3v) is 2.71. The van der Waals surface area contributed by atoms with Crippen LogP contribution in [0.1, 0.15) is 21.5 Å². The van der Waals surface area contributed by atoms with Crippen molar-refractivity contribution in [1.29, 1.82) is 5.26 Å². The second-order valence-electron chi connectivity index (χ2n) is 4.11. The van der Waals surface area contributed by atoms with E-state index in [1.54, 1.807) is 0 Å². The lowest BCUT2D eigenvalue weighted by molar-refractivity contribution is 0.0950. The van der Waals surface area contributed by atoms with E-state index in [1.165, 1.54) is 30.3 Å². The number of hydrogen-bond acceptors (Lipinski definition) is 2. The van der Waals surface area contributed by atoms with E-state index in [0.717, 1.165) is 12.1 Å². The van der Waals surface area contributed by atoms with Crippen molar-refractivity contribution in [2.45, 2.75) is 6.54 Å². The van der Waals surface area contributed by atoms with Crippen LogP contribution in [0.4, 0.5) is 8.78 Å². The lowest BCUT2D eigenvalue weighted by Crippen LogP contribution is -2.23. The quantitative estimate of drug-likeness (QED) is 0.934. The van der Waals surface area contributed by atoms with Gasteiger partial charge >= 0.3 is 0 Å². The number of halogens is 2. The number of carbonyl (C=O) groups excluding carboxylic acids is 1. The zero-order valence-electron chi connectivity index (χ0n) is 10.4. The molecular formula is C15H10F2N2O. The van der Waals surface area contributed by atoms with Crippen molar-refractivity contribution in [1.82, 2.24) is 5.32 Å². The van der Waals surface area contributed by atoms with Crippen LogP contribution in [0.25, 0.3) is 0 Å². The minimum Gasteiger partial charge on any atom is -0.348 e. The van der Waals surface area contributed by atoms with Gasteiger partial charge in [0.25, 0.3) is 5.91 Å². The van der Waals surface area contributed by atoms with Gasteiger partial charge in [-0.3, -0.25) is 4.79 Å². The summed E-state index contributed by atoms with van der Waals surface area (Å²) in [6.07, 6.45) is 0. The lowest BCUT2D eigenvalue weighted by atomic mass is 10.1. The molecule has 0 atom stereocenters. The maximum absolute atomic E-state index is 13.6. The Morgan fingerprint density at radius 3 is 2.65 bits per heavy atom. The van der Waals surface area contributed by atoms with Gasteiger partial charge in [-0.2, -0.15) is 5.26 Å². The SMILES string of the molecule is N#Cc1ccc(CNC(=O)c2cccc(F)c2)c(F)c1. The summed E-state index contributed by atoms with van der Waals surface area (Å²) < 4.78 is 26.6. The highest BCUT2D eigenvalue weighted by molar-refractivity contribution is 5.94. The number of carbonyl (C=O) groups is 1. The molecule has 0 aliphatic rings. The van der Waals surface area contributed by atoms with Crippen LogP contribution in [0.5, 0.6) is 0 Å². The van der Waals surface area contributed by atoms with Crippen LogP contribution in [-0.2, 0) is 6.54 Å². The van der Waals surface area contributed by atoms with Gasteiger partial charge in [-0.15, -0.1) is 0 Å². The minimum atomic E-state index is -0.566. The van der Waals surface area contributed by atoms with E-state index in [0.29, 0.717) is 0 Å². The molecule has 0 unspecified atom stereocenters. The Labute approximate surface area is 114 Å². The Morgan fingerprint density at radius 1 is 1.20 bits per heavy atom. The number of hydrogen-bond donors (Lipinski definition) is 1. The van der Waals surface area contributed by atoms with Crippen LogP contribution in [-0.4, -0.2) is 5.91 Å². The first kappa shape index (κ1) is 13.7. The fraction of sp³-hybridized carbons (Fsp3) is 0.0667. The molecule has 1 N–H and O–H groups in total. The van der Waals surface area contributed by atoms with Crippen molar-refractivity contribution in [3.05, 3.63) is 70.8 Å². The predicted molar refractivity (Wildman–Crippen MR) is 68.7 cm³/mol. The molecule has 0 radical (unpaired) electrons. The van der Waals surface area contributed by atoms with Gasteiger partial charge < -0.3 is 5.32 Å². The van der Waals surface area contributed by atoms with Crippen LogP contribution in [0.15, 0.2) is 42.5 Å². The van der Waals surface area contributed by atoms with Crippen LogP contribution in [0, 0.1) is 23.0 Å². The smallest absolute Gasteiger partial charge is 0.251 e. The number of nitrogens with one attached hydrogen (secondary N) is 1. The van der Waals surface area contributed by atoms with Crippen molar-refractivity contribution in [2.75, 3.05) is 0 Å². The van der Waals surface area contributed by atoms with Gasteiger partial charge in [-0.25, -0.2) is 8.78 Å². The molecule has 3 nitrogen and oxygen atoms in total. The van der Waals surface area contributed by atoms with E-state index in [-0.39, 0.29) is 23.2 Å². The van der Waals surface area contributed by atoms with Gasteiger partial charge in [0.1, 0.15) is 11.6 Å². The molecule has 0 heterocycles. The zero-order valence-corrected chi connectivity index (χ0v) is 10.4. The molecule has 0 bridgehead atoms. The first-order valence-electron chi connectivity index (χ1n) is 5.82. The standard InChI is InChI=1S/C15H10F2N2O/c16-13-3-1-2-11(7-13)15(20)19-9-12-5-4-10(8-18)6-14(12)17/h1-7H,9H2,(H,19,20). The first-order chi connectivity index (χ1) is 9.60. The van der Waals surface area contributed by atoms with Gasteiger partial charge in [0, 0.05) is 17.7 Å². The van der Waals surface area contributed by atoms with Crippen molar-refractivity contribution < 1.29 is 13.6 Å². The molecule has 5 heteroatoms. The number of amides is 1. The molecule has 1 amide bonds. The van der Waals surface area contributed by atoms with E-state index in [2.05, 4.69) is 5.32 Å². The summed E-state index contributed by atoms with van der Waals surface area (Å²) in [5, 5.41) is 11.1. The molecule has 0 aliphatic heterocycles. The molecule has 2 rings (SSSR count). The van der Waals surface area contributed by atoms with Crippen molar-refractivity contribution in [3.63, 3.8) is 0 Å². The number of benzene rings is 2. The Balaban J connectivity index is 2.06. The topological polar surface area (TPSA) is 52.9 Å². The number of nitriles is 1. The van der Waals surface area contributed by atoms with Gasteiger partial charge in [-0.05, 0) is 30.3 Å². The van der Waals surface area contributed by atoms with E-state index in [4.69, 9.17) is 5.26 Å². The molecule has 0 spiro atoms. The highest BCUT2D eigenvalue weighted by Crippen LogP contribution is 2.10. The lowest BCUT2D eigenvalue weighted by Gasteiger charge is -2.06. The van der Waals surface area contributed by atoms with Gasteiger partial charge in [0.2, 0.25) is 0 Å². The molecule has 2 aromatic rings. The molecular weight excluding hydrogens is 262 g/mol. The Morgan fingerprint density at radius 2 is 2.00 bits per heavy atom. The molecule has 0 aromatic heterocycles. The summed E-state index contributed by atoms with van der Waals surface area (Å²) in [5.74, 6) is -1.57. The van der Waals surface area contributed by atoms with E-state index < -0.39 is 17.5 Å². The maximum Gasteiger partial charge on any atom is 0.251 e. The molecule has 100 valence electrons. The average molecular weight is 272 g/mol. The molecule has 20 heavy (non-hydrogen) atoms. The second-order valence-corrected chi connectivity index (χ2v) is 4.11. The summed E-state index contributed by atoms with van der Waals surface area (Å²) in [7, 11) is 0. The highest BCUT2D eigenvalue weighted by Gasteiger charge is 2.08. The molecule has 0 saturated heterocycles. The summed E-state index contributed by atoms with van der Waals surface area (Å²) in [6.45, 7) is -0.0348. The van der Waals surface area contributed by atoms with Crippen molar-refractivity contribution in [3.8, 4) is 6.07 Å². The Hall–Kier alpha value is -2.74. The molecule has 0 saturated carbocycles. The second kappa shape index (κ2) is 5.93. The third-order valence-electron chi connectivity index (χ3n) is 2.71. The first-order valence-corrected chi connectivity index (χ1v) is 5.82. The number of nitrogens with zero attached hydrogens (tertiary/aromatic N) is 1. The van der Waals surface area contributed by atoms with Crippen LogP contribution < -0.4 is 5.32 Å². The normalized spacial score (nSPS) is 9.85. The average Bonchev–Trinajstić information content (AvgIpc) is 2.45. The fourth-order valence-corrected chi connectivity index (χ4v) is 1.67. The van der Waals surface area contributed by atoms with E-state index in [9.17, 15) is 13.6 Å². The largest absolute Gasteiger partial charge is 0.348 e. The highest BCUT2D eigenvalue weighted by atomic mass is 19.1. The summed E-state index contributed by atoms with van der Waals surface area (Å²) in [6, 6.07) is 11.0. The molecule has 0 fully saturated rings. The zero-order chi connectivity index (χ0) is 14.5. The van der Waals surface area contributed by atoms with Crippen molar-refractivity contribution in [2.24, 2.45) is 0 Å². The van der Waals surface area contributed by atoms with Crippen molar-refractivity contribution >= 4 is 5.91 Å². The van der Waals surface area contributed by atoms with Crippen LogP contribution >= 0.6 is 0 Å². The number of rotatable bonds is 3. The maximum atomic E-state index is 13.6. The minimum absolute atomic E-state index is 0.0348. The summed E-state index contributed by atoms with van der Waals surface area (Å²) in [5.41, 5.74) is 0.635. The van der Waals surface area contributed by atoms with Gasteiger partial charge in [0.05, 0.1) is 11.6 Å².